The van der Waals surface area contributed by atoms with Gasteiger partial charge in [0.15, 0.2) is 0 Å². The smallest absolute Gasteiger partial charge is 0.407 e. The van der Waals surface area contributed by atoms with Crippen molar-refractivity contribution in [2.75, 3.05) is 26.9 Å². The molecule has 1 aliphatic carbocycles. The maximum atomic E-state index is 12.1. The van der Waals surface area contributed by atoms with Gasteiger partial charge in [-0.15, -0.1) is 0 Å². The molecule has 0 bridgehead atoms. The maximum absolute atomic E-state index is 12.1. The number of methoxy groups -OCH3 is 1. The highest BCUT2D eigenvalue weighted by molar-refractivity contribution is 5.84. The number of carboxylic acids is 1. The summed E-state index contributed by atoms with van der Waals surface area (Å²) < 4.78 is 10.3. The van der Waals surface area contributed by atoms with Crippen LogP contribution < -0.4 is 10.6 Å². The van der Waals surface area contributed by atoms with Gasteiger partial charge in [0.1, 0.15) is 12.6 Å². The van der Waals surface area contributed by atoms with Gasteiger partial charge < -0.3 is 25.2 Å². The third-order valence-corrected chi connectivity index (χ3v) is 5.44. The predicted molar refractivity (Wildman–Crippen MR) is 118 cm³/mol. The molecule has 0 saturated heterocycles. The zero-order valence-corrected chi connectivity index (χ0v) is 18.0. The van der Waals surface area contributed by atoms with Crippen molar-refractivity contribution in [2.45, 2.75) is 31.2 Å². The summed E-state index contributed by atoms with van der Waals surface area (Å²) in [5.41, 5.74) is 4.53. The number of benzene rings is 2. The number of carbonyl (C=O) groups is 3. The van der Waals surface area contributed by atoms with Crippen molar-refractivity contribution in [3.05, 3.63) is 59.7 Å². The molecule has 1 aliphatic rings. The number of fused-ring (bicyclic) bond motifs is 3. The summed E-state index contributed by atoms with van der Waals surface area (Å²) in [4.78, 5) is 35.4. The van der Waals surface area contributed by atoms with E-state index >= 15 is 0 Å². The summed E-state index contributed by atoms with van der Waals surface area (Å²) >= 11 is 0. The van der Waals surface area contributed by atoms with Crippen LogP contribution in [0.4, 0.5) is 4.79 Å². The highest BCUT2D eigenvalue weighted by Crippen LogP contribution is 2.44. The minimum absolute atomic E-state index is 0.0418. The van der Waals surface area contributed by atoms with Crippen LogP contribution in [0.1, 0.15) is 36.3 Å². The second-order valence-electron chi connectivity index (χ2n) is 7.60. The Kier molecular flexibility index (Phi) is 8.21. The number of alkyl carbamates (subject to hydrolysis) is 1. The van der Waals surface area contributed by atoms with Gasteiger partial charge in [0.2, 0.25) is 5.91 Å². The number of rotatable bonds is 11. The van der Waals surface area contributed by atoms with E-state index in [2.05, 4.69) is 22.8 Å². The minimum atomic E-state index is -1.10. The number of aliphatic carboxylic acids is 1. The monoisotopic (exact) mass is 440 g/mol. The van der Waals surface area contributed by atoms with Gasteiger partial charge in [0.25, 0.3) is 0 Å². The molecule has 0 heterocycles. The molecule has 0 aromatic heterocycles. The normalized spacial score (nSPS) is 13.0. The lowest BCUT2D eigenvalue weighted by Gasteiger charge is -2.15. The number of ether oxygens (including phenoxy) is 2. The van der Waals surface area contributed by atoms with Gasteiger partial charge in [0, 0.05) is 32.6 Å². The molecule has 1 atom stereocenters. The summed E-state index contributed by atoms with van der Waals surface area (Å²) in [6.45, 7) is 0.655. The lowest BCUT2D eigenvalue weighted by molar-refractivity contribution is -0.142. The Morgan fingerprint density at radius 1 is 1.03 bits per heavy atom. The van der Waals surface area contributed by atoms with Crippen LogP contribution >= 0.6 is 0 Å². The molecule has 32 heavy (non-hydrogen) atoms. The molecule has 3 rings (SSSR count). The molecule has 0 aliphatic heterocycles. The van der Waals surface area contributed by atoms with Crippen molar-refractivity contribution in [1.29, 1.82) is 0 Å². The van der Waals surface area contributed by atoms with E-state index in [1.807, 2.05) is 36.4 Å². The molecule has 3 N–H and O–H groups in total. The van der Waals surface area contributed by atoms with Crippen molar-refractivity contribution in [2.24, 2.45) is 0 Å². The van der Waals surface area contributed by atoms with E-state index in [1.165, 1.54) is 7.11 Å². The molecule has 1 unspecified atom stereocenters. The van der Waals surface area contributed by atoms with Crippen LogP contribution in [0.3, 0.4) is 0 Å². The van der Waals surface area contributed by atoms with Gasteiger partial charge >= 0.3 is 12.1 Å². The lowest BCUT2D eigenvalue weighted by atomic mass is 9.98. The Labute approximate surface area is 186 Å². The van der Waals surface area contributed by atoms with Crippen LogP contribution in [0.5, 0.6) is 0 Å². The fraction of sp³-hybridized carbons (Fsp3) is 0.375. The quantitative estimate of drug-likeness (QED) is 0.463. The lowest BCUT2D eigenvalue weighted by Crippen LogP contribution is -2.42. The first kappa shape index (κ1) is 23.3. The number of amides is 2. The summed E-state index contributed by atoms with van der Waals surface area (Å²) in [5, 5.41) is 14.2. The summed E-state index contributed by atoms with van der Waals surface area (Å²) in [6.07, 6.45) is 0.133. The van der Waals surface area contributed by atoms with Crippen LogP contribution in [-0.2, 0) is 19.1 Å². The fourth-order valence-corrected chi connectivity index (χ4v) is 3.88. The van der Waals surface area contributed by atoms with Crippen LogP contribution in [0, 0.1) is 0 Å². The van der Waals surface area contributed by atoms with Crippen molar-refractivity contribution in [1.82, 2.24) is 10.6 Å². The highest BCUT2D eigenvalue weighted by atomic mass is 16.5. The van der Waals surface area contributed by atoms with Gasteiger partial charge in [0.05, 0.1) is 0 Å². The van der Waals surface area contributed by atoms with Gasteiger partial charge in [-0.25, -0.2) is 9.59 Å². The van der Waals surface area contributed by atoms with Gasteiger partial charge in [-0.2, -0.15) is 0 Å². The highest BCUT2D eigenvalue weighted by Gasteiger charge is 2.29. The van der Waals surface area contributed by atoms with E-state index in [1.54, 1.807) is 0 Å². The molecule has 2 aromatic carbocycles. The topological polar surface area (TPSA) is 114 Å². The van der Waals surface area contributed by atoms with Crippen molar-refractivity contribution < 1.29 is 29.0 Å². The Balaban J connectivity index is 1.44. The van der Waals surface area contributed by atoms with Crippen LogP contribution in [0.15, 0.2) is 48.5 Å². The Bertz CT molecular complexity index is 916. The fourth-order valence-electron chi connectivity index (χ4n) is 3.88. The van der Waals surface area contributed by atoms with E-state index in [-0.39, 0.29) is 31.9 Å². The molecular formula is C24H28N2O6. The number of hydrogen-bond donors (Lipinski definition) is 3. The molecule has 8 heteroatoms. The van der Waals surface area contributed by atoms with E-state index < -0.39 is 24.0 Å². The molecule has 0 spiro atoms. The third kappa shape index (κ3) is 5.85. The zero-order valence-electron chi connectivity index (χ0n) is 18.0. The second-order valence-corrected chi connectivity index (χ2v) is 7.60. The summed E-state index contributed by atoms with van der Waals surface area (Å²) in [7, 11) is 1.53. The number of carbonyl (C=O) groups excluding carboxylic acids is 2. The van der Waals surface area contributed by atoms with Crippen LogP contribution in [0.2, 0.25) is 0 Å². The second kappa shape index (κ2) is 11.3. The van der Waals surface area contributed by atoms with Gasteiger partial charge in [-0.3, -0.25) is 4.79 Å². The third-order valence-electron chi connectivity index (χ3n) is 5.44. The zero-order chi connectivity index (χ0) is 22.9. The van der Waals surface area contributed by atoms with E-state index in [0.29, 0.717) is 13.0 Å². The molecular weight excluding hydrogens is 412 g/mol. The van der Waals surface area contributed by atoms with Crippen molar-refractivity contribution in [3.63, 3.8) is 0 Å². The SMILES string of the molecule is COCCCC(NC(=O)CCNC(=O)OCC1c2ccccc2-c2ccccc21)C(=O)O. The maximum Gasteiger partial charge on any atom is 0.407 e. The molecule has 8 nitrogen and oxygen atoms in total. The Morgan fingerprint density at radius 3 is 2.25 bits per heavy atom. The van der Waals surface area contributed by atoms with Crippen molar-refractivity contribution >= 4 is 18.0 Å². The van der Waals surface area contributed by atoms with Gasteiger partial charge in [-0.1, -0.05) is 48.5 Å². The van der Waals surface area contributed by atoms with E-state index in [9.17, 15) is 19.5 Å². The predicted octanol–water partition coefficient (Wildman–Crippen LogP) is 2.91. The first-order valence-corrected chi connectivity index (χ1v) is 10.6. The molecule has 0 saturated carbocycles. The van der Waals surface area contributed by atoms with Crippen molar-refractivity contribution in [3.8, 4) is 11.1 Å². The van der Waals surface area contributed by atoms with Gasteiger partial charge in [-0.05, 0) is 35.1 Å². The Morgan fingerprint density at radius 2 is 1.66 bits per heavy atom. The summed E-state index contributed by atoms with van der Waals surface area (Å²) in [5.74, 6) is -1.59. The van der Waals surface area contributed by atoms with E-state index in [0.717, 1.165) is 22.3 Å². The molecule has 170 valence electrons. The average molecular weight is 440 g/mol. The first-order chi connectivity index (χ1) is 15.5. The summed E-state index contributed by atoms with van der Waals surface area (Å²) in [6, 6.07) is 15.1. The molecule has 2 amide bonds. The molecule has 0 fully saturated rings. The Hall–Kier alpha value is -3.39. The molecule has 0 radical (unpaired) electrons. The number of carboxylic acid groups (broad SMARTS) is 1. The molecule has 2 aromatic rings. The number of hydrogen-bond acceptors (Lipinski definition) is 5. The first-order valence-electron chi connectivity index (χ1n) is 10.6. The van der Waals surface area contributed by atoms with Crippen LogP contribution in [0.25, 0.3) is 11.1 Å². The standard InChI is InChI=1S/C24H28N2O6/c1-31-14-6-11-21(23(28)29)26-22(27)12-13-25-24(30)32-15-20-18-9-4-2-7-16(18)17-8-3-5-10-19(17)20/h2-5,7-10,20-21H,6,11-15H2,1H3,(H,25,30)(H,26,27)(H,28,29). The minimum Gasteiger partial charge on any atom is -0.480 e. The average Bonchev–Trinajstić information content (AvgIpc) is 3.11. The largest absolute Gasteiger partial charge is 0.480 e. The van der Waals surface area contributed by atoms with E-state index in [4.69, 9.17) is 9.47 Å². The van der Waals surface area contributed by atoms with Crippen LogP contribution in [-0.4, -0.2) is 56.0 Å². The number of nitrogens with one attached hydrogen (secondary N) is 2.